The van der Waals surface area contributed by atoms with Gasteiger partial charge in [-0.05, 0) is 48.9 Å². The summed E-state index contributed by atoms with van der Waals surface area (Å²) in [5.74, 6) is 1.21. The molecule has 0 radical (unpaired) electrons. The van der Waals surface area contributed by atoms with E-state index in [1.165, 1.54) is 11.8 Å². The molecule has 0 atom stereocenters. The summed E-state index contributed by atoms with van der Waals surface area (Å²) in [4.78, 5) is 25.9. The first kappa shape index (κ1) is 22.7. The molecule has 5 aromatic rings. The van der Waals surface area contributed by atoms with E-state index in [-0.39, 0.29) is 17.2 Å². The number of rotatable bonds is 7. The van der Waals surface area contributed by atoms with Gasteiger partial charge in [0.1, 0.15) is 5.75 Å². The highest BCUT2D eigenvalue weighted by Crippen LogP contribution is 2.23. The molecule has 1 amide bonds. The van der Waals surface area contributed by atoms with Gasteiger partial charge in [-0.25, -0.2) is 4.57 Å². The van der Waals surface area contributed by atoms with Gasteiger partial charge in [-0.3, -0.25) is 14.0 Å². The van der Waals surface area contributed by atoms with Crippen LogP contribution in [0.2, 0.25) is 0 Å². The monoisotopic (exact) mass is 485 g/mol. The van der Waals surface area contributed by atoms with Crippen molar-refractivity contribution in [3.05, 3.63) is 94.3 Å². The van der Waals surface area contributed by atoms with E-state index in [9.17, 15) is 9.59 Å². The highest BCUT2D eigenvalue weighted by atomic mass is 32.2. The lowest BCUT2D eigenvalue weighted by molar-refractivity contribution is -0.118. The minimum atomic E-state index is -0.168. The van der Waals surface area contributed by atoms with Crippen LogP contribution in [-0.4, -0.2) is 37.9 Å². The smallest absolute Gasteiger partial charge is 0.267 e. The van der Waals surface area contributed by atoms with Crippen molar-refractivity contribution in [2.24, 2.45) is 0 Å². The SMILES string of the molecule is COc1ccc(CNC(=O)CSc2nnc3n(-c4ccc(C)cc4)c(=O)c4ccccc4n23)cc1. The Morgan fingerprint density at radius 2 is 1.74 bits per heavy atom. The van der Waals surface area contributed by atoms with Gasteiger partial charge in [0.25, 0.3) is 5.56 Å². The third-order valence-electron chi connectivity index (χ3n) is 5.67. The zero-order valence-corrected chi connectivity index (χ0v) is 20.1. The van der Waals surface area contributed by atoms with E-state index >= 15 is 0 Å². The fourth-order valence-corrected chi connectivity index (χ4v) is 4.59. The number of amides is 1. The second kappa shape index (κ2) is 9.63. The molecule has 0 spiro atoms. The molecule has 1 N–H and O–H groups in total. The second-order valence-electron chi connectivity index (χ2n) is 8.02. The van der Waals surface area contributed by atoms with Gasteiger partial charge in [-0.1, -0.05) is 53.7 Å². The number of thioether (sulfide) groups is 1. The fraction of sp³-hybridized carbons (Fsp3) is 0.154. The van der Waals surface area contributed by atoms with Crippen LogP contribution in [0.25, 0.3) is 22.4 Å². The standard InChI is InChI=1S/C26H23N5O3S/c1-17-7-11-19(12-8-17)30-24(33)21-5-3-4-6-22(21)31-25(30)28-29-26(31)35-16-23(32)27-15-18-9-13-20(34-2)14-10-18/h3-14H,15-16H2,1-2H3,(H,27,32). The van der Waals surface area contributed by atoms with Crippen LogP contribution in [0.4, 0.5) is 0 Å². The summed E-state index contributed by atoms with van der Waals surface area (Å²) in [6.45, 7) is 2.41. The zero-order valence-electron chi connectivity index (χ0n) is 19.3. The highest BCUT2D eigenvalue weighted by Gasteiger charge is 2.18. The number of hydrogen-bond acceptors (Lipinski definition) is 6. The Balaban J connectivity index is 1.43. The topological polar surface area (TPSA) is 90.5 Å². The van der Waals surface area contributed by atoms with E-state index in [2.05, 4.69) is 15.5 Å². The fourth-order valence-electron chi connectivity index (χ4n) is 3.82. The first-order valence-corrected chi connectivity index (χ1v) is 12.0. The molecule has 0 fully saturated rings. The molecule has 3 aromatic carbocycles. The molecule has 0 saturated heterocycles. The minimum Gasteiger partial charge on any atom is -0.497 e. The molecule has 2 aromatic heterocycles. The first-order valence-electron chi connectivity index (χ1n) is 11.0. The average Bonchev–Trinajstić information content (AvgIpc) is 3.31. The Labute approximate surface area is 205 Å². The number of hydrogen-bond donors (Lipinski definition) is 1. The molecule has 176 valence electrons. The van der Waals surface area contributed by atoms with Gasteiger partial charge in [-0.15, -0.1) is 10.2 Å². The van der Waals surface area contributed by atoms with E-state index in [0.717, 1.165) is 16.9 Å². The van der Waals surface area contributed by atoms with E-state index in [1.54, 1.807) is 17.7 Å². The molecular weight excluding hydrogens is 462 g/mol. The van der Waals surface area contributed by atoms with Crippen LogP contribution in [0.1, 0.15) is 11.1 Å². The third kappa shape index (κ3) is 4.50. The average molecular weight is 486 g/mol. The first-order chi connectivity index (χ1) is 17.0. The normalized spacial score (nSPS) is 11.1. The summed E-state index contributed by atoms with van der Waals surface area (Å²) in [6.07, 6.45) is 0. The van der Waals surface area contributed by atoms with Crippen molar-refractivity contribution in [3.8, 4) is 11.4 Å². The molecule has 35 heavy (non-hydrogen) atoms. The molecule has 2 heterocycles. The van der Waals surface area contributed by atoms with Crippen LogP contribution in [-0.2, 0) is 11.3 Å². The van der Waals surface area contributed by atoms with Crippen molar-refractivity contribution in [3.63, 3.8) is 0 Å². The minimum absolute atomic E-state index is 0.126. The number of ether oxygens (including phenoxy) is 1. The Kier molecular flexibility index (Phi) is 6.24. The predicted octanol–water partition coefficient (Wildman–Crippen LogP) is 3.76. The summed E-state index contributed by atoms with van der Waals surface area (Å²) in [7, 11) is 1.62. The van der Waals surface area contributed by atoms with E-state index in [1.807, 2.05) is 78.1 Å². The predicted molar refractivity (Wildman–Crippen MR) is 136 cm³/mol. The summed E-state index contributed by atoms with van der Waals surface area (Å²) in [6, 6.07) is 22.6. The maximum Gasteiger partial charge on any atom is 0.267 e. The number of methoxy groups -OCH3 is 1. The molecule has 8 nitrogen and oxygen atoms in total. The molecule has 9 heteroatoms. The van der Waals surface area contributed by atoms with Crippen molar-refractivity contribution in [1.82, 2.24) is 24.5 Å². The van der Waals surface area contributed by atoms with Crippen LogP contribution >= 0.6 is 11.8 Å². The largest absolute Gasteiger partial charge is 0.497 e. The van der Waals surface area contributed by atoms with Crippen LogP contribution in [0, 0.1) is 6.92 Å². The molecule has 5 rings (SSSR count). The lowest BCUT2D eigenvalue weighted by Gasteiger charge is -2.11. The number of fused-ring (bicyclic) bond motifs is 3. The number of carbonyl (C=O) groups excluding carboxylic acids is 1. The summed E-state index contributed by atoms with van der Waals surface area (Å²) in [5.41, 5.74) is 3.31. The number of para-hydroxylation sites is 1. The van der Waals surface area contributed by atoms with Crippen molar-refractivity contribution in [2.75, 3.05) is 12.9 Å². The molecule has 0 aliphatic rings. The van der Waals surface area contributed by atoms with Gasteiger partial charge < -0.3 is 10.1 Å². The van der Waals surface area contributed by atoms with Crippen LogP contribution < -0.4 is 15.6 Å². The molecule has 0 aliphatic carbocycles. The van der Waals surface area contributed by atoms with Crippen molar-refractivity contribution >= 4 is 34.3 Å². The van der Waals surface area contributed by atoms with Gasteiger partial charge >= 0.3 is 0 Å². The highest BCUT2D eigenvalue weighted by molar-refractivity contribution is 7.99. The number of aromatic nitrogens is 4. The van der Waals surface area contributed by atoms with Crippen LogP contribution in [0.3, 0.4) is 0 Å². The lowest BCUT2D eigenvalue weighted by atomic mass is 10.2. The molecule has 0 aliphatic heterocycles. The van der Waals surface area contributed by atoms with Gasteiger partial charge in [0.15, 0.2) is 5.16 Å². The van der Waals surface area contributed by atoms with Gasteiger partial charge in [-0.2, -0.15) is 0 Å². The molecule has 0 unspecified atom stereocenters. The summed E-state index contributed by atoms with van der Waals surface area (Å²) >= 11 is 1.27. The van der Waals surface area contributed by atoms with E-state index in [4.69, 9.17) is 4.74 Å². The Hall–Kier alpha value is -4.11. The van der Waals surface area contributed by atoms with Crippen molar-refractivity contribution in [2.45, 2.75) is 18.6 Å². The van der Waals surface area contributed by atoms with E-state index < -0.39 is 0 Å². The van der Waals surface area contributed by atoms with Crippen molar-refractivity contribution in [1.29, 1.82) is 0 Å². The van der Waals surface area contributed by atoms with Crippen LogP contribution in [0.5, 0.6) is 5.75 Å². The maximum absolute atomic E-state index is 13.4. The number of nitrogens with one attached hydrogen (secondary N) is 1. The van der Waals surface area contributed by atoms with Crippen molar-refractivity contribution < 1.29 is 9.53 Å². The van der Waals surface area contributed by atoms with Gasteiger partial charge in [0, 0.05) is 6.54 Å². The number of nitrogens with zero attached hydrogens (tertiary/aromatic N) is 4. The molecule has 0 saturated carbocycles. The molecular formula is C26H23N5O3S. The zero-order chi connectivity index (χ0) is 24.4. The number of carbonyl (C=O) groups is 1. The van der Waals surface area contributed by atoms with E-state index in [0.29, 0.717) is 34.1 Å². The second-order valence-corrected chi connectivity index (χ2v) is 8.97. The van der Waals surface area contributed by atoms with Gasteiger partial charge in [0.2, 0.25) is 11.7 Å². The van der Waals surface area contributed by atoms with Crippen LogP contribution in [0.15, 0.2) is 82.7 Å². The summed E-state index contributed by atoms with van der Waals surface area (Å²) in [5, 5.41) is 12.7. The molecule has 0 bridgehead atoms. The maximum atomic E-state index is 13.4. The lowest BCUT2D eigenvalue weighted by Crippen LogP contribution is -2.24. The Morgan fingerprint density at radius 3 is 2.49 bits per heavy atom. The summed E-state index contributed by atoms with van der Waals surface area (Å²) < 4.78 is 8.55. The Bertz CT molecular complexity index is 1570. The van der Waals surface area contributed by atoms with Gasteiger partial charge in [0.05, 0.1) is 29.5 Å². The number of benzene rings is 3. The quantitative estimate of drug-likeness (QED) is 0.353. The third-order valence-corrected chi connectivity index (χ3v) is 6.60. The Morgan fingerprint density at radius 1 is 1.00 bits per heavy atom. The number of aryl methyl sites for hydroxylation is 1.